The number of imidazole rings is 1. The number of benzene rings is 2. The van der Waals surface area contributed by atoms with Crippen molar-refractivity contribution in [3.63, 3.8) is 0 Å². The summed E-state index contributed by atoms with van der Waals surface area (Å²) in [7, 11) is 0. The van der Waals surface area contributed by atoms with Crippen LogP contribution in [0.15, 0.2) is 40.9 Å². The molecule has 2 aromatic carbocycles. The van der Waals surface area contributed by atoms with Crippen molar-refractivity contribution in [3.05, 3.63) is 58.1 Å². The number of hydrogen-bond acceptors (Lipinski definition) is 1. The van der Waals surface area contributed by atoms with E-state index in [9.17, 15) is 4.39 Å². The third-order valence-corrected chi connectivity index (χ3v) is 4.19. The molecule has 0 aliphatic rings. The van der Waals surface area contributed by atoms with E-state index in [2.05, 4.69) is 20.9 Å². The fourth-order valence-electron chi connectivity index (χ4n) is 2.44. The fraction of sp³-hybridized carbons (Fsp3) is 0.188. The van der Waals surface area contributed by atoms with Crippen LogP contribution in [0, 0.1) is 12.7 Å². The van der Waals surface area contributed by atoms with E-state index in [1.807, 2.05) is 35.8 Å². The van der Waals surface area contributed by atoms with Gasteiger partial charge in [-0.15, -0.1) is 11.6 Å². The van der Waals surface area contributed by atoms with Gasteiger partial charge in [0.25, 0.3) is 0 Å². The molecule has 3 rings (SSSR count). The molecule has 0 aliphatic carbocycles. The summed E-state index contributed by atoms with van der Waals surface area (Å²) in [6.45, 7) is 2.01. The summed E-state index contributed by atoms with van der Waals surface area (Å²) in [5.74, 6) is 0.909. The van der Waals surface area contributed by atoms with Crippen LogP contribution in [-0.2, 0) is 6.42 Å². The Kier molecular flexibility index (Phi) is 4.00. The molecule has 108 valence electrons. The number of para-hydroxylation sites is 1. The highest BCUT2D eigenvalue weighted by Crippen LogP contribution is 2.30. The number of rotatable bonds is 3. The van der Waals surface area contributed by atoms with E-state index >= 15 is 0 Å². The lowest BCUT2D eigenvalue weighted by atomic mass is 10.2. The van der Waals surface area contributed by atoms with Crippen molar-refractivity contribution in [2.45, 2.75) is 13.3 Å². The number of nitrogens with zero attached hydrogens (tertiary/aromatic N) is 2. The van der Waals surface area contributed by atoms with E-state index in [1.165, 1.54) is 6.07 Å². The normalized spacial score (nSPS) is 11.2. The van der Waals surface area contributed by atoms with Crippen molar-refractivity contribution in [2.75, 3.05) is 5.88 Å². The molecule has 0 aliphatic heterocycles. The van der Waals surface area contributed by atoms with E-state index < -0.39 is 0 Å². The Morgan fingerprint density at radius 1 is 1.29 bits per heavy atom. The second kappa shape index (κ2) is 5.78. The number of alkyl halides is 1. The molecule has 0 amide bonds. The lowest BCUT2D eigenvalue weighted by molar-refractivity contribution is 0.615. The predicted octanol–water partition coefficient (Wildman–Crippen LogP) is 5.02. The minimum Gasteiger partial charge on any atom is -0.292 e. The average molecular weight is 368 g/mol. The van der Waals surface area contributed by atoms with Crippen LogP contribution in [0.1, 0.15) is 11.4 Å². The summed E-state index contributed by atoms with van der Waals surface area (Å²) in [5.41, 5.74) is 3.32. The second-order valence-corrected chi connectivity index (χ2v) is 6.10. The topological polar surface area (TPSA) is 17.8 Å². The van der Waals surface area contributed by atoms with Crippen molar-refractivity contribution in [1.29, 1.82) is 0 Å². The van der Waals surface area contributed by atoms with E-state index in [4.69, 9.17) is 11.6 Å². The summed E-state index contributed by atoms with van der Waals surface area (Å²) in [5, 5.41) is 0. The van der Waals surface area contributed by atoms with Gasteiger partial charge >= 0.3 is 0 Å². The minimum absolute atomic E-state index is 0.291. The molecule has 1 heterocycles. The molecule has 3 aromatic rings. The number of fused-ring (bicyclic) bond motifs is 1. The van der Waals surface area contributed by atoms with E-state index in [-0.39, 0.29) is 5.82 Å². The molecule has 0 saturated carbocycles. The summed E-state index contributed by atoms with van der Waals surface area (Å²) in [4.78, 5) is 4.59. The Morgan fingerprint density at radius 2 is 2.10 bits per heavy atom. The van der Waals surface area contributed by atoms with Crippen molar-refractivity contribution in [1.82, 2.24) is 9.55 Å². The molecular formula is C16H13BrClFN2. The van der Waals surface area contributed by atoms with Gasteiger partial charge in [0.2, 0.25) is 0 Å². The largest absolute Gasteiger partial charge is 0.292 e. The summed E-state index contributed by atoms with van der Waals surface area (Å²) in [6.07, 6.45) is 0.579. The zero-order valence-electron chi connectivity index (χ0n) is 11.4. The SMILES string of the molecule is Cc1ccc2nc(CCCl)n(-c3c(F)cccc3Br)c2c1. The molecule has 0 radical (unpaired) electrons. The molecule has 0 spiro atoms. The predicted molar refractivity (Wildman–Crippen MR) is 87.9 cm³/mol. The third-order valence-electron chi connectivity index (χ3n) is 3.36. The van der Waals surface area contributed by atoms with Crippen LogP contribution in [0.5, 0.6) is 0 Å². The van der Waals surface area contributed by atoms with Gasteiger partial charge in [-0.2, -0.15) is 0 Å². The van der Waals surface area contributed by atoms with E-state index in [0.29, 0.717) is 22.5 Å². The van der Waals surface area contributed by atoms with Gasteiger partial charge in [-0.25, -0.2) is 9.37 Å². The Bertz CT molecular complexity index is 793. The standard InChI is InChI=1S/C16H13BrClFN2/c1-10-5-6-13-14(9-10)21(15(20-13)7-8-18)16-11(17)3-2-4-12(16)19/h2-6,9H,7-8H2,1H3. The van der Waals surface area contributed by atoms with Crippen LogP contribution in [-0.4, -0.2) is 15.4 Å². The molecule has 0 N–H and O–H groups in total. The molecule has 0 saturated heterocycles. The van der Waals surface area contributed by atoms with Crippen molar-refractivity contribution in [2.24, 2.45) is 0 Å². The lowest BCUT2D eigenvalue weighted by Gasteiger charge is -2.12. The average Bonchev–Trinajstić information content (AvgIpc) is 2.77. The van der Waals surface area contributed by atoms with Crippen LogP contribution in [0.3, 0.4) is 0 Å². The summed E-state index contributed by atoms with van der Waals surface area (Å²) < 4.78 is 16.9. The number of aromatic nitrogens is 2. The highest BCUT2D eigenvalue weighted by Gasteiger charge is 2.17. The molecule has 0 unspecified atom stereocenters. The first-order chi connectivity index (χ1) is 10.1. The lowest BCUT2D eigenvalue weighted by Crippen LogP contribution is -2.05. The Morgan fingerprint density at radius 3 is 2.81 bits per heavy atom. The maximum atomic E-state index is 14.4. The van der Waals surface area contributed by atoms with Crippen molar-refractivity contribution < 1.29 is 4.39 Å². The van der Waals surface area contributed by atoms with Crippen LogP contribution in [0.2, 0.25) is 0 Å². The summed E-state index contributed by atoms with van der Waals surface area (Å²) in [6, 6.07) is 10.9. The summed E-state index contributed by atoms with van der Waals surface area (Å²) >= 11 is 9.31. The van der Waals surface area contributed by atoms with Gasteiger partial charge < -0.3 is 0 Å². The second-order valence-electron chi connectivity index (χ2n) is 4.86. The van der Waals surface area contributed by atoms with Gasteiger partial charge in [-0.3, -0.25) is 4.57 Å². The van der Waals surface area contributed by atoms with Gasteiger partial charge in [-0.05, 0) is 52.7 Å². The quantitative estimate of drug-likeness (QED) is 0.595. The Labute approximate surface area is 135 Å². The third kappa shape index (κ3) is 2.58. The van der Waals surface area contributed by atoms with Crippen LogP contribution in [0.4, 0.5) is 4.39 Å². The Balaban J connectivity index is 2.38. The molecule has 2 nitrogen and oxygen atoms in total. The van der Waals surface area contributed by atoms with Gasteiger partial charge in [0.1, 0.15) is 11.6 Å². The van der Waals surface area contributed by atoms with Crippen molar-refractivity contribution >= 4 is 38.6 Å². The van der Waals surface area contributed by atoms with E-state index in [0.717, 1.165) is 22.4 Å². The molecule has 0 fully saturated rings. The monoisotopic (exact) mass is 366 g/mol. The molecule has 0 atom stereocenters. The zero-order valence-corrected chi connectivity index (χ0v) is 13.7. The van der Waals surface area contributed by atoms with Crippen molar-refractivity contribution in [3.8, 4) is 5.69 Å². The number of halogens is 3. The maximum absolute atomic E-state index is 14.4. The van der Waals surface area contributed by atoms with Crippen LogP contribution < -0.4 is 0 Å². The molecule has 0 bridgehead atoms. The molecular weight excluding hydrogens is 355 g/mol. The first-order valence-electron chi connectivity index (χ1n) is 6.60. The van der Waals surface area contributed by atoms with Crippen LogP contribution >= 0.6 is 27.5 Å². The zero-order chi connectivity index (χ0) is 15.0. The molecule has 1 aromatic heterocycles. The molecule has 21 heavy (non-hydrogen) atoms. The van der Waals surface area contributed by atoms with Gasteiger partial charge in [0, 0.05) is 16.8 Å². The van der Waals surface area contributed by atoms with Crippen LogP contribution in [0.25, 0.3) is 16.7 Å². The van der Waals surface area contributed by atoms with Gasteiger partial charge in [-0.1, -0.05) is 12.1 Å². The highest BCUT2D eigenvalue weighted by atomic mass is 79.9. The number of aryl methyl sites for hydroxylation is 2. The molecule has 5 heteroatoms. The van der Waals surface area contributed by atoms with Gasteiger partial charge in [0.15, 0.2) is 0 Å². The Hall–Kier alpha value is -1.39. The maximum Gasteiger partial charge on any atom is 0.148 e. The smallest absolute Gasteiger partial charge is 0.148 e. The first kappa shape index (κ1) is 14.5. The van der Waals surface area contributed by atoms with Gasteiger partial charge in [0.05, 0.1) is 16.7 Å². The highest BCUT2D eigenvalue weighted by molar-refractivity contribution is 9.10. The first-order valence-corrected chi connectivity index (χ1v) is 7.93. The fourth-order valence-corrected chi connectivity index (χ4v) is 3.13. The van der Waals surface area contributed by atoms with E-state index in [1.54, 1.807) is 6.07 Å². The minimum atomic E-state index is -0.291. The number of hydrogen-bond donors (Lipinski definition) is 0.